The summed E-state index contributed by atoms with van der Waals surface area (Å²) in [5.74, 6) is 0.721. The smallest absolute Gasteiger partial charge is 0.154 e. The molecule has 1 aliphatic carbocycles. The first kappa shape index (κ1) is 12.6. The van der Waals surface area contributed by atoms with Gasteiger partial charge < -0.3 is 5.73 Å². The van der Waals surface area contributed by atoms with Crippen LogP contribution < -0.4 is 5.73 Å². The van der Waals surface area contributed by atoms with Gasteiger partial charge in [-0.25, -0.2) is 0 Å². The van der Waals surface area contributed by atoms with Crippen LogP contribution in [0, 0.1) is 5.92 Å². The number of pyridine rings is 1. The van der Waals surface area contributed by atoms with Crippen molar-refractivity contribution in [2.45, 2.75) is 38.3 Å². The zero-order valence-electron chi connectivity index (χ0n) is 11.2. The molecule has 0 radical (unpaired) electrons. The van der Waals surface area contributed by atoms with Gasteiger partial charge in [0.1, 0.15) is 0 Å². The van der Waals surface area contributed by atoms with Gasteiger partial charge >= 0.3 is 0 Å². The fourth-order valence-electron chi connectivity index (χ4n) is 2.97. The Morgan fingerprint density at radius 1 is 1.32 bits per heavy atom. The first-order chi connectivity index (χ1) is 9.33. The zero-order valence-corrected chi connectivity index (χ0v) is 11.2. The van der Waals surface area contributed by atoms with Crippen molar-refractivity contribution in [3.63, 3.8) is 0 Å². The average Bonchev–Trinajstić information content (AvgIpc) is 2.82. The highest BCUT2D eigenvalue weighted by Gasteiger charge is 2.26. The molecular weight excluding hydrogens is 238 g/mol. The normalized spacial score (nSPS) is 24.6. The first-order valence-electron chi connectivity index (χ1n) is 7.15. The molecule has 1 aliphatic heterocycles. The summed E-state index contributed by atoms with van der Waals surface area (Å²) in [6.45, 7) is 0.939. The van der Waals surface area contributed by atoms with Crippen LogP contribution in [0.1, 0.15) is 37.7 Å². The van der Waals surface area contributed by atoms with E-state index < -0.39 is 0 Å². The molecule has 1 fully saturated rings. The minimum atomic E-state index is -0.334. The third-order valence-corrected chi connectivity index (χ3v) is 3.95. The molecule has 19 heavy (non-hydrogen) atoms. The van der Waals surface area contributed by atoms with Crippen molar-refractivity contribution in [1.29, 1.82) is 0 Å². The molecule has 1 saturated carbocycles. The molecular formula is C15H21N3O. The first-order valence-corrected chi connectivity index (χ1v) is 7.15. The van der Waals surface area contributed by atoms with E-state index in [0.717, 1.165) is 23.7 Å². The predicted octanol–water partition coefficient (Wildman–Crippen LogP) is 2.53. The van der Waals surface area contributed by atoms with Gasteiger partial charge in [0.2, 0.25) is 0 Å². The third-order valence-electron chi connectivity index (χ3n) is 3.95. The van der Waals surface area contributed by atoms with Crippen molar-refractivity contribution in [2.24, 2.45) is 11.7 Å². The van der Waals surface area contributed by atoms with E-state index in [0.29, 0.717) is 0 Å². The summed E-state index contributed by atoms with van der Waals surface area (Å²) < 4.78 is 0. The quantitative estimate of drug-likeness (QED) is 0.906. The molecule has 1 unspecified atom stereocenters. The molecule has 0 aromatic carbocycles. The van der Waals surface area contributed by atoms with Gasteiger partial charge in [0.05, 0.1) is 5.70 Å². The molecule has 102 valence electrons. The average molecular weight is 259 g/mol. The molecule has 2 N–H and O–H groups in total. The van der Waals surface area contributed by atoms with E-state index in [4.69, 9.17) is 10.6 Å². The number of aromatic nitrogens is 1. The Hall–Kier alpha value is -1.39. The van der Waals surface area contributed by atoms with Gasteiger partial charge in [-0.2, -0.15) is 0 Å². The van der Waals surface area contributed by atoms with Gasteiger partial charge in [0, 0.05) is 24.5 Å². The van der Waals surface area contributed by atoms with Crippen LogP contribution in [0.15, 0.2) is 30.6 Å². The summed E-state index contributed by atoms with van der Waals surface area (Å²) in [5, 5.41) is 1.97. The van der Waals surface area contributed by atoms with Crippen molar-refractivity contribution in [1.82, 2.24) is 10.0 Å². The molecule has 4 nitrogen and oxygen atoms in total. The van der Waals surface area contributed by atoms with Crippen molar-refractivity contribution in [3.05, 3.63) is 36.2 Å². The van der Waals surface area contributed by atoms with Crippen LogP contribution in [0.25, 0.3) is 5.70 Å². The number of hydroxylamine groups is 2. The minimum absolute atomic E-state index is 0.334. The highest BCUT2D eigenvalue weighted by Crippen LogP contribution is 2.30. The predicted molar refractivity (Wildman–Crippen MR) is 74.6 cm³/mol. The van der Waals surface area contributed by atoms with Crippen molar-refractivity contribution >= 4 is 5.70 Å². The summed E-state index contributed by atoms with van der Waals surface area (Å²) in [5.41, 5.74) is 8.03. The van der Waals surface area contributed by atoms with Crippen molar-refractivity contribution in [2.75, 3.05) is 6.54 Å². The number of hydrogen-bond acceptors (Lipinski definition) is 4. The largest absolute Gasteiger partial charge is 0.301 e. The summed E-state index contributed by atoms with van der Waals surface area (Å²) in [7, 11) is 0. The van der Waals surface area contributed by atoms with Gasteiger partial charge in [-0.1, -0.05) is 19.3 Å². The maximum absolute atomic E-state index is 5.90. The molecule has 2 heterocycles. The van der Waals surface area contributed by atoms with Gasteiger partial charge in [0.15, 0.2) is 6.23 Å². The second kappa shape index (κ2) is 5.72. The monoisotopic (exact) mass is 259 g/mol. The van der Waals surface area contributed by atoms with Gasteiger partial charge in [-0.05, 0) is 37.0 Å². The SMILES string of the molecule is NC1C=C(c2cccnc2)N(CC2CCCCC2)O1. The summed E-state index contributed by atoms with van der Waals surface area (Å²) >= 11 is 0. The number of rotatable bonds is 3. The lowest BCUT2D eigenvalue weighted by molar-refractivity contribution is -0.128. The Kier molecular flexibility index (Phi) is 3.80. The van der Waals surface area contributed by atoms with Crippen LogP contribution in [0.5, 0.6) is 0 Å². The lowest BCUT2D eigenvalue weighted by Crippen LogP contribution is -2.30. The van der Waals surface area contributed by atoms with E-state index in [-0.39, 0.29) is 6.23 Å². The second-order valence-electron chi connectivity index (χ2n) is 5.43. The summed E-state index contributed by atoms with van der Waals surface area (Å²) in [6, 6.07) is 3.99. The lowest BCUT2D eigenvalue weighted by Gasteiger charge is -2.29. The van der Waals surface area contributed by atoms with Crippen LogP contribution >= 0.6 is 0 Å². The Morgan fingerprint density at radius 2 is 2.16 bits per heavy atom. The number of nitrogens with zero attached hydrogens (tertiary/aromatic N) is 2. The Labute approximate surface area is 114 Å². The molecule has 2 aliphatic rings. The number of nitrogens with two attached hydrogens (primary N) is 1. The highest BCUT2D eigenvalue weighted by atomic mass is 16.7. The Morgan fingerprint density at radius 3 is 2.89 bits per heavy atom. The van der Waals surface area contributed by atoms with Gasteiger partial charge in [-0.3, -0.25) is 14.9 Å². The van der Waals surface area contributed by atoms with E-state index >= 15 is 0 Å². The van der Waals surface area contributed by atoms with E-state index in [1.165, 1.54) is 32.1 Å². The highest BCUT2D eigenvalue weighted by molar-refractivity contribution is 5.64. The van der Waals surface area contributed by atoms with E-state index in [9.17, 15) is 0 Å². The zero-order chi connectivity index (χ0) is 13.1. The Balaban J connectivity index is 1.72. The Bertz CT molecular complexity index is 440. The molecule has 3 rings (SSSR count). The maximum atomic E-state index is 5.90. The van der Waals surface area contributed by atoms with Crippen LogP contribution in [0.3, 0.4) is 0 Å². The maximum Gasteiger partial charge on any atom is 0.154 e. The molecule has 1 atom stereocenters. The minimum Gasteiger partial charge on any atom is -0.301 e. The fraction of sp³-hybridized carbons (Fsp3) is 0.533. The van der Waals surface area contributed by atoms with Crippen molar-refractivity contribution in [3.8, 4) is 0 Å². The molecule has 4 heteroatoms. The van der Waals surface area contributed by atoms with Crippen molar-refractivity contribution < 1.29 is 4.84 Å². The standard InChI is InChI=1S/C15H21N3O/c16-15-9-14(13-7-4-8-17-10-13)18(19-15)11-12-5-2-1-3-6-12/h4,7-10,12,15H,1-3,5-6,11,16H2. The topological polar surface area (TPSA) is 51.4 Å². The number of hydrogen-bond donors (Lipinski definition) is 1. The van der Waals surface area contributed by atoms with E-state index in [2.05, 4.69) is 4.98 Å². The molecule has 1 aromatic heterocycles. The molecule has 0 spiro atoms. The molecule has 0 bridgehead atoms. The van der Waals surface area contributed by atoms with Crippen LogP contribution in [0.2, 0.25) is 0 Å². The van der Waals surface area contributed by atoms with Crippen LogP contribution in [-0.4, -0.2) is 22.8 Å². The van der Waals surface area contributed by atoms with Crippen LogP contribution in [0.4, 0.5) is 0 Å². The molecule has 0 amide bonds. The van der Waals surface area contributed by atoms with Gasteiger partial charge in [-0.15, -0.1) is 0 Å². The van der Waals surface area contributed by atoms with E-state index in [1.807, 2.05) is 29.5 Å². The molecule has 0 saturated heterocycles. The molecule has 1 aromatic rings. The summed E-state index contributed by atoms with van der Waals surface area (Å²) in [4.78, 5) is 9.89. The lowest BCUT2D eigenvalue weighted by atomic mass is 9.89. The summed E-state index contributed by atoms with van der Waals surface area (Å²) in [6.07, 6.45) is 11.9. The fourth-order valence-corrected chi connectivity index (χ4v) is 2.97. The van der Waals surface area contributed by atoms with E-state index in [1.54, 1.807) is 6.20 Å². The second-order valence-corrected chi connectivity index (χ2v) is 5.43. The van der Waals surface area contributed by atoms with Crippen LogP contribution in [-0.2, 0) is 4.84 Å². The van der Waals surface area contributed by atoms with Gasteiger partial charge in [0.25, 0.3) is 0 Å². The third kappa shape index (κ3) is 2.96.